The topological polar surface area (TPSA) is 55.0 Å². The molecule has 0 saturated heterocycles. The highest BCUT2D eigenvalue weighted by molar-refractivity contribution is 7.80. The molecule has 13 heavy (non-hydrogen) atoms. The van der Waals surface area contributed by atoms with Crippen molar-refractivity contribution >= 4 is 23.0 Å². The van der Waals surface area contributed by atoms with Crippen molar-refractivity contribution in [3.8, 4) is 0 Å². The van der Waals surface area contributed by atoms with E-state index >= 15 is 0 Å². The van der Waals surface area contributed by atoms with Crippen LogP contribution in [0.15, 0.2) is 18.6 Å². The summed E-state index contributed by atoms with van der Waals surface area (Å²) >= 11 is 4.78. The molecule has 4 nitrogen and oxygen atoms in total. The molecule has 1 aromatic heterocycles. The van der Waals surface area contributed by atoms with Gasteiger partial charge in [-0.05, 0) is 6.07 Å². The van der Waals surface area contributed by atoms with Gasteiger partial charge in [-0.2, -0.15) is 0 Å². The summed E-state index contributed by atoms with van der Waals surface area (Å²) in [5.41, 5.74) is 5.39. The van der Waals surface area contributed by atoms with Gasteiger partial charge in [0.1, 0.15) is 12.1 Å². The molecule has 0 amide bonds. The number of hydrogen-bond donors (Lipinski definition) is 1. The van der Waals surface area contributed by atoms with Crippen LogP contribution < -0.4 is 10.6 Å². The molecule has 0 aromatic carbocycles. The average molecular weight is 196 g/mol. The summed E-state index contributed by atoms with van der Waals surface area (Å²) in [6.45, 7) is 0.784. The van der Waals surface area contributed by atoms with Gasteiger partial charge in [0.2, 0.25) is 0 Å². The summed E-state index contributed by atoms with van der Waals surface area (Å²) in [6, 6.07) is 1.85. The molecule has 0 unspecified atom stereocenters. The van der Waals surface area contributed by atoms with Crippen molar-refractivity contribution in [1.82, 2.24) is 9.97 Å². The molecule has 0 atom stereocenters. The van der Waals surface area contributed by atoms with Crippen LogP contribution in [-0.2, 0) is 0 Å². The summed E-state index contributed by atoms with van der Waals surface area (Å²) in [4.78, 5) is 10.4. The normalized spacial score (nSPS) is 9.62. The smallest absolute Gasteiger partial charge is 0.131 e. The van der Waals surface area contributed by atoms with Crippen LogP contribution in [0, 0.1) is 0 Å². The Kier molecular flexibility index (Phi) is 3.57. The fraction of sp³-hybridized carbons (Fsp3) is 0.375. The van der Waals surface area contributed by atoms with E-state index in [1.165, 1.54) is 6.33 Å². The zero-order valence-electron chi connectivity index (χ0n) is 7.47. The highest BCUT2D eigenvalue weighted by Gasteiger charge is 2.00. The number of anilines is 1. The van der Waals surface area contributed by atoms with Gasteiger partial charge >= 0.3 is 0 Å². The van der Waals surface area contributed by atoms with Crippen molar-refractivity contribution in [1.29, 1.82) is 0 Å². The molecule has 70 valence electrons. The molecule has 0 saturated carbocycles. The maximum atomic E-state index is 5.39. The second kappa shape index (κ2) is 4.71. The number of aromatic nitrogens is 2. The summed E-state index contributed by atoms with van der Waals surface area (Å²) in [5.74, 6) is 0.881. The first-order chi connectivity index (χ1) is 6.20. The van der Waals surface area contributed by atoms with Crippen LogP contribution in [0.5, 0.6) is 0 Å². The van der Waals surface area contributed by atoms with Crippen molar-refractivity contribution in [3.63, 3.8) is 0 Å². The Labute approximate surface area is 82.8 Å². The Balaban J connectivity index is 2.49. The molecule has 2 N–H and O–H groups in total. The van der Waals surface area contributed by atoms with Gasteiger partial charge in [-0.25, -0.2) is 9.97 Å². The minimum Gasteiger partial charge on any atom is -0.393 e. The summed E-state index contributed by atoms with van der Waals surface area (Å²) < 4.78 is 0. The number of nitrogens with zero attached hydrogens (tertiary/aromatic N) is 3. The van der Waals surface area contributed by atoms with Crippen molar-refractivity contribution < 1.29 is 0 Å². The zero-order chi connectivity index (χ0) is 9.68. The van der Waals surface area contributed by atoms with Gasteiger partial charge in [0.15, 0.2) is 0 Å². The Hall–Kier alpha value is -1.23. The fourth-order valence-electron chi connectivity index (χ4n) is 0.902. The quantitative estimate of drug-likeness (QED) is 0.714. The van der Waals surface area contributed by atoms with Gasteiger partial charge in [-0.1, -0.05) is 12.2 Å². The van der Waals surface area contributed by atoms with E-state index < -0.39 is 0 Å². The third-order valence-corrected chi connectivity index (χ3v) is 1.86. The van der Waals surface area contributed by atoms with E-state index in [-0.39, 0.29) is 0 Å². The molecule has 0 spiro atoms. The van der Waals surface area contributed by atoms with E-state index in [9.17, 15) is 0 Å². The molecule has 1 aromatic rings. The first-order valence-corrected chi connectivity index (χ1v) is 4.36. The Morgan fingerprint density at radius 3 is 3.00 bits per heavy atom. The van der Waals surface area contributed by atoms with Crippen LogP contribution in [-0.4, -0.2) is 28.5 Å². The molecule has 0 fully saturated rings. The highest BCUT2D eigenvalue weighted by atomic mass is 32.1. The van der Waals surface area contributed by atoms with E-state index in [1.54, 1.807) is 6.20 Å². The lowest BCUT2D eigenvalue weighted by Crippen LogP contribution is -2.23. The fourth-order valence-corrected chi connectivity index (χ4v) is 0.993. The van der Waals surface area contributed by atoms with E-state index in [1.807, 2.05) is 18.0 Å². The lowest BCUT2D eigenvalue weighted by molar-refractivity contribution is 0.892. The lowest BCUT2D eigenvalue weighted by Gasteiger charge is -2.16. The average Bonchev–Trinajstić information content (AvgIpc) is 2.15. The van der Waals surface area contributed by atoms with E-state index in [2.05, 4.69) is 9.97 Å². The second-order valence-corrected chi connectivity index (χ2v) is 3.23. The van der Waals surface area contributed by atoms with Crippen molar-refractivity contribution in [2.75, 3.05) is 18.5 Å². The summed E-state index contributed by atoms with van der Waals surface area (Å²) in [5, 5.41) is 0. The van der Waals surface area contributed by atoms with Crippen molar-refractivity contribution in [2.45, 2.75) is 6.42 Å². The molecular formula is C8H12N4S. The lowest BCUT2D eigenvalue weighted by atomic mass is 10.4. The molecule has 0 aliphatic heterocycles. The maximum Gasteiger partial charge on any atom is 0.131 e. The molecule has 1 rings (SSSR count). The monoisotopic (exact) mass is 196 g/mol. The molecule has 1 heterocycles. The standard InChI is InChI=1S/C8H12N4S/c1-12(5-3-7(9)13)8-2-4-10-6-11-8/h2,4,6H,3,5H2,1H3,(H2,9,13). The summed E-state index contributed by atoms with van der Waals surface area (Å²) in [6.07, 6.45) is 3.93. The minimum absolute atomic E-state index is 0.529. The maximum absolute atomic E-state index is 5.39. The van der Waals surface area contributed by atoms with Crippen molar-refractivity contribution in [2.24, 2.45) is 5.73 Å². The summed E-state index contributed by atoms with van der Waals surface area (Å²) in [7, 11) is 1.95. The van der Waals surface area contributed by atoms with Gasteiger partial charge in [0.05, 0.1) is 4.99 Å². The molecule has 0 radical (unpaired) electrons. The second-order valence-electron chi connectivity index (χ2n) is 2.71. The number of rotatable bonds is 4. The van der Waals surface area contributed by atoms with Gasteiger partial charge in [-0.15, -0.1) is 0 Å². The largest absolute Gasteiger partial charge is 0.393 e. The van der Waals surface area contributed by atoms with Crippen LogP contribution >= 0.6 is 12.2 Å². The van der Waals surface area contributed by atoms with Gasteiger partial charge < -0.3 is 10.6 Å². The Bertz CT molecular complexity index is 275. The minimum atomic E-state index is 0.529. The number of nitrogens with two attached hydrogens (primary N) is 1. The van der Waals surface area contributed by atoms with Crippen molar-refractivity contribution in [3.05, 3.63) is 18.6 Å². The van der Waals surface area contributed by atoms with Crippen LogP contribution in [0.2, 0.25) is 0 Å². The third kappa shape index (κ3) is 3.33. The first kappa shape index (κ1) is 9.85. The molecular weight excluding hydrogens is 184 g/mol. The predicted molar refractivity (Wildman–Crippen MR) is 56.7 cm³/mol. The third-order valence-electron chi connectivity index (χ3n) is 1.65. The highest BCUT2D eigenvalue weighted by Crippen LogP contribution is 2.05. The SMILES string of the molecule is CN(CCC(N)=S)c1ccncn1. The zero-order valence-corrected chi connectivity index (χ0v) is 8.29. The molecule has 0 bridgehead atoms. The van der Waals surface area contributed by atoms with Gasteiger partial charge in [-0.3, -0.25) is 0 Å². The molecule has 5 heteroatoms. The Morgan fingerprint density at radius 1 is 1.69 bits per heavy atom. The van der Waals surface area contributed by atoms with Gasteiger partial charge in [0.25, 0.3) is 0 Å². The first-order valence-electron chi connectivity index (χ1n) is 3.95. The van der Waals surface area contributed by atoms with Crippen LogP contribution in [0.1, 0.15) is 6.42 Å². The van der Waals surface area contributed by atoms with E-state index in [4.69, 9.17) is 18.0 Å². The predicted octanol–water partition coefficient (Wildman–Crippen LogP) is 0.589. The molecule has 0 aliphatic carbocycles. The number of thiocarbonyl (C=S) groups is 1. The molecule has 0 aliphatic rings. The number of hydrogen-bond acceptors (Lipinski definition) is 4. The van der Waals surface area contributed by atoms with Crippen LogP contribution in [0.25, 0.3) is 0 Å². The van der Waals surface area contributed by atoms with Gasteiger partial charge in [0, 0.05) is 26.2 Å². The van der Waals surface area contributed by atoms with E-state index in [0.29, 0.717) is 11.4 Å². The van der Waals surface area contributed by atoms with Crippen LogP contribution in [0.4, 0.5) is 5.82 Å². The van der Waals surface area contributed by atoms with Crippen LogP contribution in [0.3, 0.4) is 0 Å². The van der Waals surface area contributed by atoms with E-state index in [0.717, 1.165) is 12.4 Å². The Morgan fingerprint density at radius 2 is 2.46 bits per heavy atom.